The van der Waals surface area contributed by atoms with Gasteiger partial charge in [0.15, 0.2) is 0 Å². The highest BCUT2D eigenvalue weighted by molar-refractivity contribution is 5.83. The number of nitrogens with zero attached hydrogens (tertiary/aromatic N) is 1. The number of rotatable bonds is 3. The highest BCUT2D eigenvalue weighted by Crippen LogP contribution is 2.15. The molecule has 2 unspecified atom stereocenters. The number of amides is 1. The Kier molecular flexibility index (Phi) is 3.76. The molecule has 1 aromatic rings. The molecule has 4 nitrogen and oxygen atoms in total. The first-order chi connectivity index (χ1) is 8.20. The van der Waals surface area contributed by atoms with Gasteiger partial charge in [-0.3, -0.25) is 4.79 Å². The summed E-state index contributed by atoms with van der Waals surface area (Å²) in [6, 6.07) is 9.23. The van der Waals surface area contributed by atoms with Crippen molar-refractivity contribution < 1.29 is 4.79 Å². The van der Waals surface area contributed by atoms with Gasteiger partial charge in [-0.1, -0.05) is 30.3 Å². The molecule has 92 valence electrons. The molecule has 3 N–H and O–H groups in total. The van der Waals surface area contributed by atoms with Gasteiger partial charge in [0.2, 0.25) is 5.91 Å². The molecule has 1 heterocycles. The Labute approximate surface area is 102 Å². The van der Waals surface area contributed by atoms with Crippen LogP contribution in [0.15, 0.2) is 30.3 Å². The Morgan fingerprint density at radius 2 is 2.18 bits per heavy atom. The Morgan fingerprint density at radius 1 is 1.47 bits per heavy atom. The monoisotopic (exact) mass is 233 g/mol. The molecule has 0 saturated carbocycles. The van der Waals surface area contributed by atoms with E-state index in [1.54, 1.807) is 4.90 Å². The standard InChI is InChI=1S/C13H19N3O/c1-16(11-7-8-15-9-11)13(17)12(14)10-5-3-2-4-6-10/h2-6,11-12,15H,7-9,14H2,1H3. The maximum Gasteiger partial charge on any atom is 0.244 e. The van der Waals surface area contributed by atoms with Crippen LogP contribution in [0, 0.1) is 0 Å². The number of likely N-dealkylation sites (N-methyl/N-ethyl adjacent to an activating group) is 1. The summed E-state index contributed by atoms with van der Waals surface area (Å²) in [5.41, 5.74) is 6.87. The molecular formula is C13H19N3O. The van der Waals surface area contributed by atoms with Crippen molar-refractivity contribution in [3.05, 3.63) is 35.9 Å². The van der Waals surface area contributed by atoms with Gasteiger partial charge in [-0.2, -0.15) is 0 Å². The zero-order valence-electron chi connectivity index (χ0n) is 10.1. The number of hydrogen-bond donors (Lipinski definition) is 2. The third-order valence-electron chi connectivity index (χ3n) is 3.35. The summed E-state index contributed by atoms with van der Waals surface area (Å²) in [6.07, 6.45) is 1.00. The van der Waals surface area contributed by atoms with E-state index in [0.29, 0.717) is 0 Å². The van der Waals surface area contributed by atoms with Crippen LogP contribution in [0.2, 0.25) is 0 Å². The minimum atomic E-state index is -0.554. The molecule has 2 rings (SSSR count). The van der Waals surface area contributed by atoms with Crippen LogP contribution in [0.4, 0.5) is 0 Å². The number of nitrogens with two attached hydrogens (primary N) is 1. The van der Waals surface area contributed by atoms with Crippen molar-refractivity contribution in [2.75, 3.05) is 20.1 Å². The summed E-state index contributed by atoms with van der Waals surface area (Å²) in [5.74, 6) is -0.00935. The van der Waals surface area contributed by atoms with Gasteiger partial charge in [0.1, 0.15) is 6.04 Å². The normalized spacial score (nSPS) is 21.2. The molecule has 1 aromatic carbocycles. The molecular weight excluding hydrogens is 214 g/mol. The maximum absolute atomic E-state index is 12.2. The first-order valence-corrected chi connectivity index (χ1v) is 5.98. The lowest BCUT2D eigenvalue weighted by atomic mass is 10.1. The third-order valence-corrected chi connectivity index (χ3v) is 3.35. The molecule has 1 saturated heterocycles. The Morgan fingerprint density at radius 3 is 2.76 bits per heavy atom. The summed E-state index contributed by atoms with van der Waals surface area (Å²) in [4.78, 5) is 14.0. The topological polar surface area (TPSA) is 58.4 Å². The zero-order chi connectivity index (χ0) is 12.3. The second-order valence-electron chi connectivity index (χ2n) is 4.48. The number of hydrogen-bond acceptors (Lipinski definition) is 3. The summed E-state index contributed by atoms with van der Waals surface area (Å²) in [6.45, 7) is 1.84. The van der Waals surface area contributed by atoms with Crippen molar-refractivity contribution in [3.8, 4) is 0 Å². The Bertz CT molecular complexity index is 374. The average Bonchev–Trinajstić information content (AvgIpc) is 2.91. The van der Waals surface area contributed by atoms with Gasteiger partial charge in [-0.25, -0.2) is 0 Å². The van der Waals surface area contributed by atoms with Crippen molar-refractivity contribution >= 4 is 5.91 Å². The van der Waals surface area contributed by atoms with Crippen molar-refractivity contribution in [2.24, 2.45) is 5.73 Å². The molecule has 2 atom stereocenters. The summed E-state index contributed by atoms with van der Waals surface area (Å²) >= 11 is 0. The van der Waals surface area contributed by atoms with Crippen LogP contribution in [0.25, 0.3) is 0 Å². The van der Waals surface area contributed by atoms with Gasteiger partial charge < -0.3 is 16.0 Å². The van der Waals surface area contributed by atoms with Gasteiger partial charge in [-0.05, 0) is 18.5 Å². The van der Waals surface area contributed by atoms with Crippen LogP contribution in [0.3, 0.4) is 0 Å². The highest BCUT2D eigenvalue weighted by Gasteiger charge is 2.27. The smallest absolute Gasteiger partial charge is 0.244 e. The second-order valence-corrected chi connectivity index (χ2v) is 4.48. The second kappa shape index (κ2) is 5.29. The minimum Gasteiger partial charge on any atom is -0.340 e. The maximum atomic E-state index is 12.2. The van der Waals surface area contributed by atoms with Gasteiger partial charge in [0.05, 0.1) is 0 Å². The lowest BCUT2D eigenvalue weighted by Crippen LogP contribution is -2.43. The van der Waals surface area contributed by atoms with Crippen LogP contribution < -0.4 is 11.1 Å². The van der Waals surface area contributed by atoms with Crippen LogP contribution in [0.5, 0.6) is 0 Å². The molecule has 17 heavy (non-hydrogen) atoms. The van der Waals surface area contributed by atoms with E-state index in [4.69, 9.17) is 5.73 Å². The van der Waals surface area contributed by atoms with E-state index in [9.17, 15) is 4.79 Å². The first-order valence-electron chi connectivity index (χ1n) is 5.98. The van der Waals surface area contributed by atoms with Crippen molar-refractivity contribution in [1.29, 1.82) is 0 Å². The van der Waals surface area contributed by atoms with E-state index >= 15 is 0 Å². The van der Waals surface area contributed by atoms with E-state index in [1.807, 2.05) is 37.4 Å². The van der Waals surface area contributed by atoms with Crippen molar-refractivity contribution in [1.82, 2.24) is 10.2 Å². The minimum absolute atomic E-state index is 0.00935. The highest BCUT2D eigenvalue weighted by atomic mass is 16.2. The molecule has 0 aliphatic carbocycles. The summed E-state index contributed by atoms with van der Waals surface area (Å²) < 4.78 is 0. The van der Waals surface area contributed by atoms with Crippen molar-refractivity contribution in [2.45, 2.75) is 18.5 Å². The molecule has 1 fully saturated rings. The van der Waals surface area contributed by atoms with E-state index < -0.39 is 6.04 Å². The third kappa shape index (κ3) is 2.65. The fraction of sp³-hybridized carbons (Fsp3) is 0.462. The quantitative estimate of drug-likeness (QED) is 0.799. The van der Waals surface area contributed by atoms with Crippen LogP contribution >= 0.6 is 0 Å². The number of nitrogens with one attached hydrogen (secondary N) is 1. The molecule has 1 aliphatic heterocycles. The number of carbonyl (C=O) groups excluding carboxylic acids is 1. The predicted octanol–water partition coefficient (Wildman–Crippen LogP) is 0.507. The van der Waals surface area contributed by atoms with E-state index in [1.165, 1.54) is 0 Å². The molecule has 0 spiro atoms. The van der Waals surface area contributed by atoms with E-state index in [-0.39, 0.29) is 11.9 Å². The Balaban J connectivity index is 2.04. The number of benzene rings is 1. The lowest BCUT2D eigenvalue weighted by molar-refractivity contribution is -0.133. The van der Waals surface area contributed by atoms with Crippen molar-refractivity contribution in [3.63, 3.8) is 0 Å². The van der Waals surface area contributed by atoms with E-state index in [0.717, 1.165) is 25.1 Å². The molecule has 4 heteroatoms. The lowest BCUT2D eigenvalue weighted by Gasteiger charge is -2.26. The van der Waals surface area contributed by atoms with Crippen LogP contribution in [0.1, 0.15) is 18.0 Å². The van der Waals surface area contributed by atoms with Crippen LogP contribution in [-0.4, -0.2) is 37.0 Å². The molecule has 0 aromatic heterocycles. The van der Waals surface area contributed by atoms with Gasteiger partial charge >= 0.3 is 0 Å². The summed E-state index contributed by atoms with van der Waals surface area (Å²) in [7, 11) is 1.84. The average molecular weight is 233 g/mol. The largest absolute Gasteiger partial charge is 0.340 e. The summed E-state index contributed by atoms with van der Waals surface area (Å²) in [5, 5.41) is 3.25. The van der Waals surface area contributed by atoms with E-state index in [2.05, 4.69) is 5.32 Å². The number of carbonyl (C=O) groups is 1. The molecule has 1 aliphatic rings. The molecule has 1 amide bonds. The fourth-order valence-corrected chi connectivity index (χ4v) is 2.17. The fourth-order valence-electron chi connectivity index (χ4n) is 2.17. The Hall–Kier alpha value is -1.39. The first kappa shape index (κ1) is 12.1. The van der Waals surface area contributed by atoms with Gasteiger partial charge in [0, 0.05) is 19.6 Å². The molecule has 0 bridgehead atoms. The van der Waals surface area contributed by atoms with Gasteiger partial charge in [-0.15, -0.1) is 0 Å². The van der Waals surface area contributed by atoms with Crippen LogP contribution in [-0.2, 0) is 4.79 Å². The predicted molar refractivity (Wildman–Crippen MR) is 67.4 cm³/mol. The van der Waals surface area contributed by atoms with Gasteiger partial charge in [0.25, 0.3) is 0 Å². The molecule has 0 radical (unpaired) electrons. The SMILES string of the molecule is CN(C(=O)C(N)c1ccccc1)C1CCNC1. The zero-order valence-corrected chi connectivity index (χ0v) is 10.1.